The van der Waals surface area contributed by atoms with E-state index in [2.05, 4.69) is 31.9 Å². The summed E-state index contributed by atoms with van der Waals surface area (Å²) < 4.78 is 6.42. The molecule has 3 aromatic carbocycles. The van der Waals surface area contributed by atoms with Crippen LogP contribution in [0.4, 0.5) is 11.4 Å². The highest BCUT2D eigenvalue weighted by Crippen LogP contribution is 2.18. The van der Waals surface area contributed by atoms with Crippen molar-refractivity contribution in [3.8, 4) is 5.75 Å². The molecule has 7 nitrogen and oxygen atoms in total. The van der Waals surface area contributed by atoms with Crippen LogP contribution in [-0.4, -0.2) is 30.9 Å². The van der Waals surface area contributed by atoms with Crippen LogP contribution in [0.5, 0.6) is 5.75 Å². The van der Waals surface area contributed by atoms with E-state index in [0.29, 0.717) is 16.4 Å². The predicted molar refractivity (Wildman–Crippen MR) is 127 cm³/mol. The largest absolute Gasteiger partial charge is 0.483 e. The summed E-state index contributed by atoms with van der Waals surface area (Å²) in [6.45, 7) is -0.517. The van der Waals surface area contributed by atoms with Gasteiger partial charge in [0.2, 0.25) is 5.91 Å². The maximum atomic E-state index is 12.5. The predicted octanol–water partition coefficient (Wildman–Crippen LogP) is 4.49. The number of hydrogen-bond acceptors (Lipinski definition) is 4. The number of benzene rings is 3. The van der Waals surface area contributed by atoms with Gasteiger partial charge in [0.05, 0.1) is 12.1 Å². The van der Waals surface area contributed by atoms with Gasteiger partial charge in [-0.3, -0.25) is 14.4 Å². The van der Waals surface area contributed by atoms with E-state index in [1.807, 2.05) is 0 Å². The lowest BCUT2D eigenvalue weighted by molar-refractivity contribution is -0.118. The van der Waals surface area contributed by atoms with Gasteiger partial charge in [-0.15, -0.1) is 0 Å². The van der Waals surface area contributed by atoms with Crippen molar-refractivity contribution in [3.63, 3.8) is 0 Å². The minimum absolute atomic E-state index is 0.211. The van der Waals surface area contributed by atoms with E-state index < -0.39 is 11.8 Å². The smallest absolute Gasteiger partial charge is 0.262 e. The Hall–Kier alpha value is -3.36. The van der Waals surface area contributed by atoms with E-state index in [1.165, 1.54) is 0 Å². The molecule has 164 valence electrons. The minimum Gasteiger partial charge on any atom is -0.483 e. The van der Waals surface area contributed by atoms with Crippen LogP contribution in [0.25, 0.3) is 0 Å². The van der Waals surface area contributed by atoms with Gasteiger partial charge in [-0.05, 0) is 60.7 Å². The molecule has 3 aromatic rings. The van der Waals surface area contributed by atoms with Gasteiger partial charge in [-0.2, -0.15) is 0 Å². The van der Waals surface area contributed by atoms with E-state index in [0.717, 1.165) is 4.47 Å². The van der Waals surface area contributed by atoms with Gasteiger partial charge in [0.1, 0.15) is 5.75 Å². The zero-order valence-corrected chi connectivity index (χ0v) is 19.1. The zero-order valence-electron chi connectivity index (χ0n) is 16.7. The Morgan fingerprint density at radius 2 is 1.41 bits per heavy atom. The van der Waals surface area contributed by atoms with Gasteiger partial charge in [0.15, 0.2) is 6.61 Å². The van der Waals surface area contributed by atoms with E-state index in [1.54, 1.807) is 72.8 Å². The van der Waals surface area contributed by atoms with Crippen LogP contribution in [0.3, 0.4) is 0 Å². The van der Waals surface area contributed by atoms with Gasteiger partial charge < -0.3 is 20.7 Å². The van der Waals surface area contributed by atoms with Crippen LogP contribution in [0.15, 0.2) is 77.3 Å². The van der Waals surface area contributed by atoms with Gasteiger partial charge in [-0.25, -0.2) is 0 Å². The number of anilines is 2. The maximum absolute atomic E-state index is 12.5. The number of hydrogen-bond donors (Lipinski definition) is 3. The summed E-state index contributed by atoms with van der Waals surface area (Å²) in [6.07, 6.45) is 0. The Labute approximate surface area is 198 Å². The fraction of sp³-hybridized carbons (Fsp3) is 0.0870. The lowest BCUT2D eigenvalue weighted by Gasteiger charge is -2.12. The average molecular weight is 517 g/mol. The van der Waals surface area contributed by atoms with E-state index in [9.17, 15) is 14.4 Å². The second-order valence-electron chi connectivity index (χ2n) is 6.58. The Balaban J connectivity index is 1.52. The molecule has 0 aromatic heterocycles. The number of para-hydroxylation sites is 1. The molecule has 0 bridgehead atoms. The van der Waals surface area contributed by atoms with Crippen LogP contribution in [-0.2, 0) is 9.59 Å². The Morgan fingerprint density at radius 1 is 0.812 bits per heavy atom. The fourth-order valence-corrected chi connectivity index (χ4v) is 3.04. The molecule has 0 spiro atoms. The summed E-state index contributed by atoms with van der Waals surface area (Å²) in [7, 11) is 0. The lowest BCUT2D eigenvalue weighted by Crippen LogP contribution is -2.33. The highest BCUT2D eigenvalue weighted by molar-refractivity contribution is 9.10. The number of carbonyl (C=O) groups is 3. The molecule has 0 unspecified atom stereocenters. The van der Waals surface area contributed by atoms with Crippen LogP contribution >= 0.6 is 27.5 Å². The molecule has 9 heteroatoms. The summed E-state index contributed by atoms with van der Waals surface area (Å²) in [4.78, 5) is 36.8. The number of ether oxygens (including phenoxy) is 1. The Kier molecular flexibility index (Phi) is 8.24. The molecule has 0 saturated carbocycles. The summed E-state index contributed by atoms with van der Waals surface area (Å²) in [5.41, 5.74) is 1.40. The summed E-state index contributed by atoms with van der Waals surface area (Å²) in [5.74, 6) is -1.04. The van der Waals surface area contributed by atoms with Gasteiger partial charge in [-0.1, -0.05) is 39.7 Å². The first-order valence-corrected chi connectivity index (χ1v) is 10.7. The normalized spacial score (nSPS) is 10.2. The molecule has 0 atom stereocenters. The number of halogens is 2. The van der Waals surface area contributed by atoms with Crippen molar-refractivity contribution in [2.24, 2.45) is 0 Å². The quantitative estimate of drug-likeness (QED) is 0.411. The Morgan fingerprint density at radius 3 is 2.09 bits per heavy atom. The molecule has 0 saturated heterocycles. The third-order valence-corrected chi connectivity index (χ3v) is 4.94. The van der Waals surface area contributed by atoms with Crippen molar-refractivity contribution in [2.45, 2.75) is 0 Å². The Bertz CT molecular complexity index is 1100. The number of nitrogens with one attached hydrogen (secondary N) is 3. The van der Waals surface area contributed by atoms with E-state index in [-0.39, 0.29) is 30.4 Å². The second kappa shape index (κ2) is 11.3. The van der Waals surface area contributed by atoms with Crippen LogP contribution in [0, 0.1) is 0 Å². The molecule has 0 aliphatic carbocycles. The fourth-order valence-electron chi connectivity index (χ4n) is 2.65. The van der Waals surface area contributed by atoms with Crippen LogP contribution in [0.1, 0.15) is 10.4 Å². The van der Waals surface area contributed by atoms with Gasteiger partial charge >= 0.3 is 0 Å². The molecule has 0 radical (unpaired) electrons. The van der Waals surface area contributed by atoms with Gasteiger partial charge in [0.25, 0.3) is 11.8 Å². The van der Waals surface area contributed by atoms with Crippen molar-refractivity contribution in [2.75, 3.05) is 23.8 Å². The minimum atomic E-state index is -0.496. The lowest BCUT2D eigenvalue weighted by atomic mass is 10.2. The van der Waals surface area contributed by atoms with Crippen molar-refractivity contribution >= 4 is 56.6 Å². The third-order valence-electron chi connectivity index (χ3n) is 4.16. The van der Waals surface area contributed by atoms with Crippen LogP contribution < -0.4 is 20.7 Å². The highest BCUT2D eigenvalue weighted by atomic mass is 79.9. The first kappa shape index (κ1) is 23.3. The number of carbonyl (C=O) groups excluding carboxylic acids is 3. The summed E-state index contributed by atoms with van der Waals surface area (Å²) in [6, 6.07) is 20.2. The van der Waals surface area contributed by atoms with Crippen molar-refractivity contribution < 1.29 is 19.1 Å². The molecule has 0 aliphatic heterocycles. The van der Waals surface area contributed by atoms with Gasteiger partial charge in [0, 0.05) is 20.9 Å². The molecule has 3 amide bonds. The molecule has 3 rings (SSSR count). The summed E-state index contributed by atoms with van der Waals surface area (Å²) >= 11 is 9.15. The molecule has 0 aliphatic rings. The number of amides is 3. The molecule has 3 N–H and O–H groups in total. The van der Waals surface area contributed by atoms with Crippen molar-refractivity contribution in [1.82, 2.24) is 5.32 Å². The second-order valence-corrected chi connectivity index (χ2v) is 7.93. The highest BCUT2D eigenvalue weighted by Gasteiger charge is 2.14. The third kappa shape index (κ3) is 7.11. The number of rotatable bonds is 8. The molecule has 0 heterocycles. The molecule has 32 heavy (non-hydrogen) atoms. The first-order valence-electron chi connectivity index (χ1n) is 9.51. The maximum Gasteiger partial charge on any atom is 0.262 e. The summed E-state index contributed by atoms with van der Waals surface area (Å²) in [5, 5.41) is 8.48. The van der Waals surface area contributed by atoms with Crippen molar-refractivity contribution in [1.29, 1.82) is 0 Å². The zero-order chi connectivity index (χ0) is 22.9. The average Bonchev–Trinajstić information content (AvgIpc) is 2.79. The van der Waals surface area contributed by atoms with E-state index in [4.69, 9.17) is 16.3 Å². The van der Waals surface area contributed by atoms with E-state index >= 15 is 0 Å². The monoisotopic (exact) mass is 515 g/mol. The molecular formula is C23H19BrClN3O4. The molecular weight excluding hydrogens is 498 g/mol. The first-order chi connectivity index (χ1) is 15.4. The SMILES string of the molecule is O=C(CNC(=O)c1ccccc1OCC(=O)Nc1ccc(Cl)cc1)Nc1ccc(Br)cc1. The van der Waals surface area contributed by atoms with Crippen LogP contribution in [0.2, 0.25) is 5.02 Å². The standard InChI is InChI=1S/C23H19BrClN3O4/c24-15-5-9-17(10-6-15)27-21(29)13-26-23(31)19-3-1-2-4-20(19)32-14-22(30)28-18-11-7-16(25)8-12-18/h1-12H,13-14H2,(H,26,31)(H,27,29)(H,28,30). The molecule has 0 fully saturated rings. The topological polar surface area (TPSA) is 96.5 Å². The van der Waals surface area contributed by atoms with Crippen molar-refractivity contribution in [3.05, 3.63) is 87.9 Å².